The number of carboxylic acid groups (broad SMARTS) is 4. The number of carbonyl (C=O) groups is 12. The molecule has 0 aliphatic heterocycles. The van der Waals surface area contributed by atoms with Crippen LogP contribution in [0.15, 0.2) is 0 Å². The minimum atomic E-state index is -1.55. The van der Waals surface area contributed by atoms with Crippen molar-refractivity contribution >= 4 is 70.1 Å². The van der Waals surface area contributed by atoms with E-state index in [1.165, 1.54) is 27.7 Å². The summed E-state index contributed by atoms with van der Waals surface area (Å²) in [7, 11) is 0. The monoisotopic (exact) mass is 842 g/mol. The molecule has 0 fully saturated rings. The van der Waals surface area contributed by atoms with Crippen molar-refractivity contribution in [3.05, 3.63) is 0 Å². The van der Waals surface area contributed by atoms with E-state index in [2.05, 4.69) is 0 Å². The van der Waals surface area contributed by atoms with E-state index in [1.807, 2.05) is 0 Å². The van der Waals surface area contributed by atoms with Crippen molar-refractivity contribution in [2.24, 2.45) is 45.3 Å². The molecule has 0 aliphatic rings. The number of carbonyl (C=O) groups excluding carboxylic acids is 8. The number of hydrogen-bond donors (Lipinski definition) is 4. The van der Waals surface area contributed by atoms with Crippen molar-refractivity contribution in [1.82, 2.24) is 0 Å². The zero-order chi connectivity index (χ0) is 43.2. The van der Waals surface area contributed by atoms with Crippen molar-refractivity contribution in [1.29, 1.82) is 0 Å². The summed E-state index contributed by atoms with van der Waals surface area (Å²) in [4.78, 5) is 130. The largest absolute Gasteiger partial charge is 0.475 e. The molecule has 0 saturated heterocycles. The van der Waals surface area contributed by atoms with E-state index in [1.54, 1.807) is 83.1 Å². The fourth-order valence-electron chi connectivity index (χ4n) is 5.24. The van der Waals surface area contributed by atoms with Crippen molar-refractivity contribution in [2.75, 3.05) is 0 Å². The Morgan fingerprint density at radius 2 is 0.396 bits per heavy atom. The van der Waals surface area contributed by atoms with Gasteiger partial charge in [0.1, 0.15) is 23.1 Å². The maximum absolute atomic E-state index is 11.1. The van der Waals surface area contributed by atoms with Gasteiger partial charge in [-0.05, 0) is 49.4 Å². The van der Waals surface area contributed by atoms with Gasteiger partial charge in [0.25, 0.3) is 23.1 Å². The normalized spacial score (nSPS) is 13.3. The number of aliphatic carboxylic acids is 4. The summed E-state index contributed by atoms with van der Waals surface area (Å²) < 4.78 is 0. The molecule has 0 amide bonds. The van der Waals surface area contributed by atoms with E-state index in [0.717, 1.165) is 0 Å². The fourth-order valence-corrected chi connectivity index (χ4v) is 5.24. The van der Waals surface area contributed by atoms with Gasteiger partial charge in [-0.2, -0.15) is 0 Å². The topological polar surface area (TPSA) is 286 Å². The van der Waals surface area contributed by atoms with Gasteiger partial charge in [-0.15, -0.1) is 0 Å². The fraction of sp³-hybridized carbons (Fsp3) is 0.667. The third kappa shape index (κ3) is 21.9. The predicted octanol–water partition coefficient (Wildman–Crippen LogP) is 3.56. The van der Waals surface area contributed by atoms with Crippen molar-refractivity contribution in [3.63, 3.8) is 0 Å². The second kappa shape index (κ2) is 22.9. The van der Waals surface area contributed by atoms with Gasteiger partial charge in [0.15, 0.2) is 0 Å². The molecular formula is C36H56MoO16. The van der Waals surface area contributed by atoms with Crippen LogP contribution in [0.3, 0.4) is 0 Å². The summed E-state index contributed by atoms with van der Waals surface area (Å²) in [6, 6.07) is 0. The van der Waals surface area contributed by atoms with E-state index >= 15 is 0 Å². The SMILES string of the molecule is CC(=O)C(C(=O)C(=O)O)C(C)(C)C.CC(=O)C(C(=O)C(=O)O)C(C)(C)C.CC(=O)C(C(=O)C(=O)O)C(C)(C)C.CC(=O)C(C(=O)C(=O)O)C(C)(C)C.[Mo]. The Labute approximate surface area is 324 Å². The average Bonchev–Trinajstić information content (AvgIpc) is 2.85. The molecule has 16 nitrogen and oxygen atoms in total. The Bertz CT molecular complexity index is 1210. The first-order valence-electron chi connectivity index (χ1n) is 15.8. The van der Waals surface area contributed by atoms with E-state index in [-0.39, 0.29) is 21.1 Å². The maximum Gasteiger partial charge on any atom is 0.372 e. The molecular weight excluding hydrogens is 784 g/mol. The van der Waals surface area contributed by atoms with Gasteiger partial charge in [0.05, 0.1) is 23.7 Å². The Kier molecular flexibility index (Phi) is 25.1. The van der Waals surface area contributed by atoms with Crippen LogP contribution in [0, 0.1) is 45.3 Å². The van der Waals surface area contributed by atoms with Gasteiger partial charge >= 0.3 is 23.9 Å². The Morgan fingerprint density at radius 3 is 0.415 bits per heavy atom. The molecule has 53 heavy (non-hydrogen) atoms. The smallest absolute Gasteiger partial charge is 0.372 e. The van der Waals surface area contributed by atoms with Crippen LogP contribution < -0.4 is 0 Å². The molecule has 0 heterocycles. The van der Waals surface area contributed by atoms with Gasteiger partial charge in [-0.25, -0.2) is 19.2 Å². The molecule has 0 aromatic heterocycles. The zero-order valence-corrected chi connectivity index (χ0v) is 35.4. The average molecular weight is 841 g/mol. The van der Waals surface area contributed by atoms with Crippen LogP contribution in [-0.4, -0.2) is 90.6 Å². The van der Waals surface area contributed by atoms with Crippen molar-refractivity contribution in [2.45, 2.75) is 111 Å². The van der Waals surface area contributed by atoms with Crippen LogP contribution in [0.25, 0.3) is 0 Å². The van der Waals surface area contributed by atoms with Crippen LogP contribution in [0.4, 0.5) is 0 Å². The van der Waals surface area contributed by atoms with Gasteiger partial charge in [-0.3, -0.25) is 38.4 Å². The van der Waals surface area contributed by atoms with Crippen molar-refractivity contribution < 1.29 is 99.0 Å². The molecule has 0 spiro atoms. The van der Waals surface area contributed by atoms with Crippen LogP contribution in [0.2, 0.25) is 0 Å². The minimum Gasteiger partial charge on any atom is -0.475 e. The third-order valence-electron chi connectivity index (χ3n) is 6.98. The summed E-state index contributed by atoms with van der Waals surface area (Å²) in [6.45, 7) is 24.9. The number of ketones is 8. The van der Waals surface area contributed by atoms with Crippen LogP contribution in [0.5, 0.6) is 0 Å². The Balaban J connectivity index is -0.000000192. The Hall–Kier alpha value is -4.07. The van der Waals surface area contributed by atoms with Gasteiger partial charge in [0, 0.05) is 21.1 Å². The van der Waals surface area contributed by atoms with E-state index < -0.39 is 115 Å². The minimum absolute atomic E-state index is 0. The first-order chi connectivity index (χ1) is 22.7. The second-order valence-corrected chi connectivity index (χ2v) is 16.3. The molecule has 0 saturated carbocycles. The third-order valence-corrected chi connectivity index (χ3v) is 6.98. The van der Waals surface area contributed by atoms with Gasteiger partial charge < -0.3 is 20.4 Å². The summed E-state index contributed by atoms with van der Waals surface area (Å²) in [5.74, 6) is -16.1. The maximum atomic E-state index is 11.1. The quantitative estimate of drug-likeness (QED) is 0.124. The number of rotatable bonds is 12. The molecule has 4 unspecified atom stereocenters. The number of Topliss-reactive ketones (excluding diaryl/α,β-unsaturated/α-hetero) is 8. The van der Waals surface area contributed by atoms with Crippen LogP contribution >= 0.6 is 0 Å². The van der Waals surface area contributed by atoms with Crippen LogP contribution in [0.1, 0.15) is 111 Å². The molecule has 302 valence electrons. The van der Waals surface area contributed by atoms with Crippen molar-refractivity contribution in [3.8, 4) is 0 Å². The molecule has 17 heteroatoms. The number of hydrogen-bond acceptors (Lipinski definition) is 12. The molecule has 0 aliphatic carbocycles. The molecule has 0 bridgehead atoms. The molecule has 4 N–H and O–H groups in total. The standard InChI is InChI=1S/4C9H14O4.Mo/c4*1-5(10)6(9(2,3)4)7(11)8(12)13;/h4*6H,1-4H3,(H,12,13);. The first-order valence-corrected chi connectivity index (χ1v) is 15.8. The molecule has 0 aromatic carbocycles. The van der Waals surface area contributed by atoms with Crippen LogP contribution in [-0.2, 0) is 78.6 Å². The van der Waals surface area contributed by atoms with Gasteiger partial charge in [0.2, 0.25) is 0 Å². The molecule has 0 aromatic rings. The predicted molar refractivity (Wildman–Crippen MR) is 185 cm³/mol. The van der Waals surface area contributed by atoms with E-state index in [4.69, 9.17) is 20.4 Å². The zero-order valence-electron chi connectivity index (χ0n) is 33.4. The summed E-state index contributed by atoms with van der Waals surface area (Å²) >= 11 is 0. The molecule has 0 radical (unpaired) electrons. The number of carboxylic acids is 4. The Morgan fingerprint density at radius 1 is 0.302 bits per heavy atom. The second-order valence-electron chi connectivity index (χ2n) is 16.3. The first kappa shape index (κ1) is 58.2. The molecule has 4 atom stereocenters. The molecule has 0 rings (SSSR count). The van der Waals surface area contributed by atoms with Gasteiger partial charge in [-0.1, -0.05) is 83.1 Å². The van der Waals surface area contributed by atoms with E-state index in [9.17, 15) is 57.5 Å². The van der Waals surface area contributed by atoms with E-state index in [0.29, 0.717) is 0 Å². The summed E-state index contributed by atoms with van der Waals surface area (Å²) in [6.07, 6.45) is 0. The summed E-state index contributed by atoms with van der Waals surface area (Å²) in [5, 5.41) is 33.9. The summed E-state index contributed by atoms with van der Waals surface area (Å²) in [5.41, 5.74) is -2.55.